The normalized spacial score (nSPS) is 19.6. The number of guanidine groups is 1. The topological polar surface area (TPSA) is 39.7 Å². The van der Waals surface area contributed by atoms with E-state index in [1.807, 2.05) is 7.05 Å². The molecule has 0 radical (unpaired) electrons. The fourth-order valence-corrected chi connectivity index (χ4v) is 2.71. The summed E-state index contributed by atoms with van der Waals surface area (Å²) in [5, 5.41) is 6.92. The third-order valence-electron chi connectivity index (χ3n) is 5.12. The Balaban J connectivity index is 2.23. The zero-order valence-electron chi connectivity index (χ0n) is 14.1. The smallest absolute Gasteiger partial charge is 0.191 e. The predicted molar refractivity (Wildman–Crippen MR) is 88.3 cm³/mol. The molecule has 0 spiro atoms. The Hall–Kier alpha value is -0.770. The maximum Gasteiger partial charge on any atom is 0.191 e. The summed E-state index contributed by atoms with van der Waals surface area (Å²) in [6.07, 6.45) is 6.59. The number of rotatable bonds is 8. The molecule has 0 aliphatic heterocycles. The lowest BCUT2D eigenvalue weighted by Gasteiger charge is -2.41. The summed E-state index contributed by atoms with van der Waals surface area (Å²) in [4.78, 5) is 6.71. The third-order valence-corrected chi connectivity index (χ3v) is 5.12. The Labute approximate surface area is 125 Å². The van der Waals surface area contributed by atoms with Gasteiger partial charge in [-0.25, -0.2) is 0 Å². The van der Waals surface area contributed by atoms with Crippen LogP contribution in [0.1, 0.15) is 52.9 Å². The van der Waals surface area contributed by atoms with Gasteiger partial charge in [-0.2, -0.15) is 0 Å². The molecule has 4 heteroatoms. The van der Waals surface area contributed by atoms with E-state index in [0.29, 0.717) is 11.5 Å². The molecule has 0 aromatic rings. The number of aliphatic imine (C=N–C) groups is 1. The van der Waals surface area contributed by atoms with Gasteiger partial charge in [0.15, 0.2) is 5.96 Å². The minimum atomic E-state index is 0.533. The average molecular weight is 282 g/mol. The van der Waals surface area contributed by atoms with Gasteiger partial charge in [0, 0.05) is 32.7 Å². The van der Waals surface area contributed by atoms with Crippen molar-refractivity contribution in [2.45, 2.75) is 58.9 Å². The molecular formula is C16H34N4. The van der Waals surface area contributed by atoms with Gasteiger partial charge in [-0.05, 0) is 45.1 Å². The summed E-state index contributed by atoms with van der Waals surface area (Å²) >= 11 is 0. The van der Waals surface area contributed by atoms with Crippen molar-refractivity contribution < 1.29 is 0 Å². The van der Waals surface area contributed by atoms with Crippen LogP contribution in [0.3, 0.4) is 0 Å². The largest absolute Gasteiger partial charge is 0.356 e. The number of nitrogens with zero attached hydrogens (tertiary/aromatic N) is 2. The molecule has 0 amide bonds. The van der Waals surface area contributed by atoms with Crippen LogP contribution in [0.2, 0.25) is 0 Å². The summed E-state index contributed by atoms with van der Waals surface area (Å²) in [7, 11) is 4.04. The molecule has 0 saturated heterocycles. The molecule has 1 fully saturated rings. The third kappa shape index (κ3) is 4.97. The minimum Gasteiger partial charge on any atom is -0.356 e. The highest BCUT2D eigenvalue weighted by atomic mass is 15.2. The Morgan fingerprint density at radius 1 is 1.30 bits per heavy atom. The van der Waals surface area contributed by atoms with Crippen LogP contribution in [0.4, 0.5) is 0 Å². The zero-order valence-corrected chi connectivity index (χ0v) is 14.1. The van der Waals surface area contributed by atoms with Crippen LogP contribution < -0.4 is 10.6 Å². The van der Waals surface area contributed by atoms with Gasteiger partial charge < -0.3 is 15.5 Å². The SMILES string of the molecule is CCC(C)N(C)CCNC(=NC)NCC1(CC)CCC1. The Bertz CT molecular complexity index is 291. The lowest BCUT2D eigenvalue weighted by Crippen LogP contribution is -2.47. The molecule has 4 nitrogen and oxygen atoms in total. The van der Waals surface area contributed by atoms with Gasteiger partial charge in [-0.15, -0.1) is 0 Å². The van der Waals surface area contributed by atoms with Crippen molar-refractivity contribution in [3.63, 3.8) is 0 Å². The van der Waals surface area contributed by atoms with Crippen molar-refractivity contribution in [2.24, 2.45) is 10.4 Å². The van der Waals surface area contributed by atoms with E-state index in [1.165, 1.54) is 32.1 Å². The van der Waals surface area contributed by atoms with Crippen LogP contribution in [0.15, 0.2) is 4.99 Å². The summed E-state index contributed by atoms with van der Waals surface area (Å²) < 4.78 is 0. The highest BCUT2D eigenvalue weighted by Gasteiger charge is 2.34. The van der Waals surface area contributed by atoms with Crippen LogP contribution in [-0.4, -0.2) is 50.6 Å². The molecular weight excluding hydrogens is 248 g/mol. The minimum absolute atomic E-state index is 0.533. The number of nitrogens with one attached hydrogen (secondary N) is 2. The fourth-order valence-electron chi connectivity index (χ4n) is 2.71. The molecule has 2 N–H and O–H groups in total. The first-order valence-electron chi connectivity index (χ1n) is 8.21. The second-order valence-corrected chi connectivity index (χ2v) is 6.30. The second kappa shape index (κ2) is 8.50. The predicted octanol–water partition coefficient (Wildman–Crippen LogP) is 2.46. The average Bonchev–Trinajstić information content (AvgIpc) is 2.43. The van der Waals surface area contributed by atoms with Crippen LogP contribution in [0, 0.1) is 5.41 Å². The molecule has 0 bridgehead atoms. The van der Waals surface area contributed by atoms with Crippen molar-refractivity contribution in [1.82, 2.24) is 15.5 Å². The first-order valence-corrected chi connectivity index (χ1v) is 8.21. The van der Waals surface area contributed by atoms with Crippen molar-refractivity contribution in [3.05, 3.63) is 0 Å². The molecule has 0 aromatic heterocycles. The molecule has 0 aromatic carbocycles. The van der Waals surface area contributed by atoms with Gasteiger partial charge in [-0.3, -0.25) is 4.99 Å². The van der Waals surface area contributed by atoms with E-state index in [9.17, 15) is 0 Å². The van der Waals surface area contributed by atoms with Gasteiger partial charge >= 0.3 is 0 Å². The number of hydrogen-bond acceptors (Lipinski definition) is 2. The van der Waals surface area contributed by atoms with E-state index in [1.54, 1.807) is 0 Å². The molecule has 1 atom stereocenters. The van der Waals surface area contributed by atoms with Crippen molar-refractivity contribution in [3.8, 4) is 0 Å². The quantitative estimate of drug-likeness (QED) is 0.531. The van der Waals surface area contributed by atoms with Gasteiger partial charge in [0.2, 0.25) is 0 Å². The summed E-state index contributed by atoms with van der Waals surface area (Å²) in [6, 6.07) is 0.644. The zero-order chi connectivity index (χ0) is 15.0. The molecule has 118 valence electrons. The van der Waals surface area contributed by atoms with Crippen LogP contribution in [-0.2, 0) is 0 Å². The lowest BCUT2D eigenvalue weighted by atomic mass is 9.67. The molecule has 1 saturated carbocycles. The van der Waals surface area contributed by atoms with E-state index in [0.717, 1.165) is 25.6 Å². The van der Waals surface area contributed by atoms with Crippen molar-refractivity contribution >= 4 is 5.96 Å². The number of likely N-dealkylation sites (N-methyl/N-ethyl adjacent to an activating group) is 1. The fraction of sp³-hybridized carbons (Fsp3) is 0.938. The van der Waals surface area contributed by atoms with Crippen molar-refractivity contribution in [2.75, 3.05) is 33.7 Å². The van der Waals surface area contributed by atoms with E-state index >= 15 is 0 Å². The van der Waals surface area contributed by atoms with E-state index in [4.69, 9.17) is 0 Å². The van der Waals surface area contributed by atoms with Gasteiger partial charge in [0.1, 0.15) is 0 Å². The van der Waals surface area contributed by atoms with E-state index < -0.39 is 0 Å². The Morgan fingerprint density at radius 3 is 2.45 bits per heavy atom. The van der Waals surface area contributed by atoms with Crippen LogP contribution >= 0.6 is 0 Å². The van der Waals surface area contributed by atoms with E-state index in [-0.39, 0.29) is 0 Å². The van der Waals surface area contributed by atoms with Crippen LogP contribution in [0.25, 0.3) is 0 Å². The number of hydrogen-bond donors (Lipinski definition) is 2. The lowest BCUT2D eigenvalue weighted by molar-refractivity contribution is 0.131. The first-order chi connectivity index (χ1) is 9.56. The van der Waals surface area contributed by atoms with Crippen molar-refractivity contribution in [1.29, 1.82) is 0 Å². The molecule has 1 rings (SSSR count). The van der Waals surface area contributed by atoms with Gasteiger partial charge in [0.05, 0.1) is 0 Å². The van der Waals surface area contributed by atoms with Gasteiger partial charge in [-0.1, -0.05) is 20.3 Å². The second-order valence-electron chi connectivity index (χ2n) is 6.30. The molecule has 1 unspecified atom stereocenters. The van der Waals surface area contributed by atoms with E-state index in [2.05, 4.69) is 48.3 Å². The monoisotopic (exact) mass is 282 g/mol. The molecule has 1 aliphatic rings. The summed E-state index contributed by atoms with van der Waals surface area (Å²) in [5.41, 5.74) is 0.533. The molecule has 1 aliphatic carbocycles. The summed E-state index contributed by atoms with van der Waals surface area (Å²) in [6.45, 7) is 9.86. The maximum atomic E-state index is 4.32. The van der Waals surface area contributed by atoms with Gasteiger partial charge in [0.25, 0.3) is 0 Å². The molecule has 0 heterocycles. The summed E-state index contributed by atoms with van der Waals surface area (Å²) in [5.74, 6) is 0.947. The Kier molecular flexibility index (Phi) is 7.35. The first kappa shape index (κ1) is 17.3. The van der Waals surface area contributed by atoms with Crippen LogP contribution in [0.5, 0.6) is 0 Å². The maximum absolute atomic E-state index is 4.32. The highest BCUT2D eigenvalue weighted by molar-refractivity contribution is 5.79. The standard InChI is InChI=1S/C16H34N4/c1-6-14(3)20(5)12-11-18-15(17-4)19-13-16(7-2)9-8-10-16/h14H,6-13H2,1-5H3,(H2,17,18,19). The molecule has 20 heavy (non-hydrogen) atoms. The highest BCUT2D eigenvalue weighted by Crippen LogP contribution is 2.42. The Morgan fingerprint density at radius 2 is 2.00 bits per heavy atom.